The molecular weight excluding hydrogens is 488 g/mol. The molecule has 4 rings (SSSR count). The molecule has 9 heteroatoms. The lowest BCUT2D eigenvalue weighted by molar-refractivity contribution is 0.172. The number of anilines is 1. The second kappa shape index (κ2) is 12.8. The first-order valence-corrected chi connectivity index (χ1v) is 13.4. The lowest BCUT2D eigenvalue weighted by Crippen LogP contribution is -2.38. The quantitative estimate of drug-likeness (QED) is 0.352. The van der Waals surface area contributed by atoms with E-state index >= 15 is 0 Å². The Hall–Kier alpha value is -3.30. The van der Waals surface area contributed by atoms with Crippen LogP contribution in [-0.2, 0) is 6.54 Å². The van der Waals surface area contributed by atoms with E-state index in [0.717, 1.165) is 54.9 Å². The number of benzene rings is 2. The Morgan fingerprint density at radius 2 is 1.73 bits per heavy atom. The molecular formula is C28H36N4O4S. The number of aromatic amines is 1. The van der Waals surface area contributed by atoms with E-state index in [1.54, 1.807) is 0 Å². The Kier molecular flexibility index (Phi) is 9.24. The summed E-state index contributed by atoms with van der Waals surface area (Å²) in [6, 6.07) is 13.4. The lowest BCUT2D eigenvalue weighted by atomic mass is 10.1. The third-order valence-corrected chi connectivity index (χ3v) is 6.81. The minimum Gasteiger partial charge on any atom is -0.494 e. The monoisotopic (exact) mass is 524 g/mol. The number of fused-ring (bicyclic) bond motifs is 2. The molecule has 0 radical (unpaired) electrons. The smallest absolute Gasteiger partial charge is 0.253 e. The number of aromatic nitrogens is 1. The van der Waals surface area contributed by atoms with Gasteiger partial charge in [0.1, 0.15) is 19.0 Å². The van der Waals surface area contributed by atoms with Gasteiger partial charge in [0.2, 0.25) is 0 Å². The topological polar surface area (TPSA) is 79.1 Å². The fourth-order valence-electron chi connectivity index (χ4n) is 4.39. The van der Waals surface area contributed by atoms with Gasteiger partial charge < -0.3 is 34.3 Å². The second-order valence-corrected chi connectivity index (χ2v) is 9.28. The predicted molar refractivity (Wildman–Crippen MR) is 152 cm³/mol. The van der Waals surface area contributed by atoms with E-state index in [9.17, 15) is 4.79 Å². The van der Waals surface area contributed by atoms with Crippen molar-refractivity contribution in [1.29, 1.82) is 0 Å². The fraction of sp³-hybridized carbons (Fsp3) is 0.429. The maximum absolute atomic E-state index is 13.1. The summed E-state index contributed by atoms with van der Waals surface area (Å²) in [5.74, 6) is 2.16. The number of nitrogens with zero attached hydrogens (tertiary/aromatic N) is 2. The summed E-state index contributed by atoms with van der Waals surface area (Å²) in [7, 11) is 0. The first-order valence-electron chi connectivity index (χ1n) is 13.0. The SMILES string of the molecule is CCOc1ccc(NC(=S)N(CCCN(CC)CC)Cc2cc3cc4c(cc3[nH]c2=O)OCCO4)cc1. The zero-order valence-electron chi connectivity index (χ0n) is 21.8. The number of ether oxygens (including phenoxy) is 3. The molecule has 3 aromatic rings. The van der Waals surface area contributed by atoms with Gasteiger partial charge in [0, 0.05) is 29.2 Å². The van der Waals surface area contributed by atoms with Crippen molar-refractivity contribution in [2.24, 2.45) is 0 Å². The number of thiocarbonyl (C=S) groups is 1. The third kappa shape index (κ3) is 6.93. The molecule has 0 bridgehead atoms. The largest absolute Gasteiger partial charge is 0.494 e. The molecule has 0 saturated carbocycles. The molecule has 0 spiro atoms. The van der Waals surface area contributed by atoms with E-state index in [0.29, 0.717) is 48.5 Å². The molecule has 0 amide bonds. The normalized spacial score (nSPS) is 12.5. The van der Waals surface area contributed by atoms with Crippen LogP contribution in [0.5, 0.6) is 17.2 Å². The van der Waals surface area contributed by atoms with E-state index in [4.69, 9.17) is 26.4 Å². The van der Waals surface area contributed by atoms with Gasteiger partial charge in [-0.1, -0.05) is 13.8 Å². The summed E-state index contributed by atoms with van der Waals surface area (Å²) in [5, 5.41) is 4.80. The van der Waals surface area contributed by atoms with Crippen molar-refractivity contribution in [3.8, 4) is 17.2 Å². The zero-order chi connectivity index (χ0) is 26.2. The van der Waals surface area contributed by atoms with Gasteiger partial charge in [-0.3, -0.25) is 4.79 Å². The lowest BCUT2D eigenvalue weighted by Gasteiger charge is -2.27. The predicted octanol–water partition coefficient (Wildman–Crippen LogP) is 4.63. The van der Waals surface area contributed by atoms with Gasteiger partial charge in [-0.05, 0) is 81.6 Å². The van der Waals surface area contributed by atoms with Crippen LogP contribution in [0.4, 0.5) is 5.69 Å². The molecule has 0 unspecified atom stereocenters. The standard InChI is InChI=1S/C28H36N4O4S/c1-4-31(5-2)12-7-13-32(28(37)29-22-8-10-23(11-9-22)34-6-3)19-21-16-20-17-25-26(36-15-14-35-25)18-24(20)30-27(21)33/h8-11,16-18H,4-7,12-15,19H2,1-3H3,(H,29,37)(H,30,33). The Morgan fingerprint density at radius 3 is 2.41 bits per heavy atom. The van der Waals surface area contributed by atoms with Crippen LogP contribution in [0, 0.1) is 0 Å². The molecule has 2 heterocycles. The summed E-state index contributed by atoms with van der Waals surface area (Å²) in [4.78, 5) is 20.5. The molecule has 0 aliphatic carbocycles. The molecule has 2 aromatic carbocycles. The number of nitrogens with one attached hydrogen (secondary N) is 2. The fourth-order valence-corrected chi connectivity index (χ4v) is 4.67. The van der Waals surface area contributed by atoms with Gasteiger partial charge >= 0.3 is 0 Å². The highest BCUT2D eigenvalue weighted by Crippen LogP contribution is 2.33. The molecule has 0 fully saturated rings. The van der Waals surface area contributed by atoms with Crippen molar-refractivity contribution in [2.45, 2.75) is 33.7 Å². The maximum Gasteiger partial charge on any atom is 0.253 e. The second-order valence-electron chi connectivity index (χ2n) is 8.90. The van der Waals surface area contributed by atoms with Crippen LogP contribution in [0.2, 0.25) is 0 Å². The first-order chi connectivity index (χ1) is 18.0. The minimum absolute atomic E-state index is 0.137. The number of hydrogen-bond donors (Lipinski definition) is 2. The molecule has 0 saturated heterocycles. The number of pyridine rings is 1. The Morgan fingerprint density at radius 1 is 1.03 bits per heavy atom. The van der Waals surface area contributed by atoms with Crippen LogP contribution in [0.25, 0.3) is 10.9 Å². The van der Waals surface area contributed by atoms with Crippen molar-refractivity contribution in [2.75, 3.05) is 51.3 Å². The first kappa shape index (κ1) is 26.8. The molecule has 2 N–H and O–H groups in total. The summed E-state index contributed by atoms with van der Waals surface area (Å²) in [6.07, 6.45) is 0.928. The molecule has 1 aromatic heterocycles. The molecule has 1 aliphatic rings. The van der Waals surface area contributed by atoms with E-state index < -0.39 is 0 Å². The highest BCUT2D eigenvalue weighted by Gasteiger charge is 2.17. The Balaban J connectivity index is 1.54. The van der Waals surface area contributed by atoms with E-state index in [2.05, 4.69) is 33.9 Å². The van der Waals surface area contributed by atoms with Gasteiger partial charge in [0.15, 0.2) is 16.6 Å². The van der Waals surface area contributed by atoms with Crippen molar-refractivity contribution in [3.05, 3.63) is 58.4 Å². The highest BCUT2D eigenvalue weighted by molar-refractivity contribution is 7.80. The number of hydrogen-bond acceptors (Lipinski definition) is 6. The third-order valence-electron chi connectivity index (χ3n) is 6.45. The van der Waals surface area contributed by atoms with Crippen molar-refractivity contribution in [1.82, 2.24) is 14.8 Å². The van der Waals surface area contributed by atoms with Crippen molar-refractivity contribution in [3.63, 3.8) is 0 Å². The molecule has 8 nitrogen and oxygen atoms in total. The molecule has 0 atom stereocenters. The molecule has 198 valence electrons. The van der Waals surface area contributed by atoms with Crippen LogP contribution in [-0.4, -0.2) is 65.9 Å². The summed E-state index contributed by atoms with van der Waals surface area (Å²) in [5.41, 5.74) is 2.10. The van der Waals surface area contributed by atoms with E-state index in [1.165, 1.54) is 0 Å². The average Bonchev–Trinajstić information content (AvgIpc) is 2.91. The van der Waals surface area contributed by atoms with Gasteiger partial charge in [-0.2, -0.15) is 0 Å². The average molecular weight is 525 g/mol. The minimum atomic E-state index is -0.137. The summed E-state index contributed by atoms with van der Waals surface area (Å²) in [6.45, 7) is 12.0. The molecule has 37 heavy (non-hydrogen) atoms. The Bertz CT molecular complexity index is 1260. The Labute approximate surface area is 223 Å². The van der Waals surface area contributed by atoms with Gasteiger partial charge in [-0.15, -0.1) is 0 Å². The van der Waals surface area contributed by atoms with Crippen molar-refractivity contribution < 1.29 is 14.2 Å². The van der Waals surface area contributed by atoms with Crippen LogP contribution in [0.1, 0.15) is 32.8 Å². The number of H-pyrrole nitrogens is 1. The van der Waals surface area contributed by atoms with Crippen LogP contribution >= 0.6 is 12.2 Å². The zero-order valence-corrected chi connectivity index (χ0v) is 22.7. The van der Waals surface area contributed by atoms with E-state index in [1.807, 2.05) is 49.4 Å². The van der Waals surface area contributed by atoms with E-state index in [-0.39, 0.29) is 5.56 Å². The van der Waals surface area contributed by atoms with Crippen LogP contribution in [0.15, 0.2) is 47.3 Å². The van der Waals surface area contributed by atoms with Crippen molar-refractivity contribution >= 4 is 33.9 Å². The summed E-state index contributed by atoms with van der Waals surface area (Å²) >= 11 is 5.82. The molecule has 1 aliphatic heterocycles. The van der Waals surface area contributed by atoms with Crippen LogP contribution < -0.4 is 25.1 Å². The number of rotatable bonds is 11. The van der Waals surface area contributed by atoms with Gasteiger partial charge in [0.25, 0.3) is 5.56 Å². The van der Waals surface area contributed by atoms with Gasteiger partial charge in [0.05, 0.1) is 18.7 Å². The summed E-state index contributed by atoms with van der Waals surface area (Å²) < 4.78 is 16.9. The maximum atomic E-state index is 13.1. The highest BCUT2D eigenvalue weighted by atomic mass is 32.1. The van der Waals surface area contributed by atoms with Crippen LogP contribution in [0.3, 0.4) is 0 Å². The van der Waals surface area contributed by atoms with Gasteiger partial charge in [-0.25, -0.2) is 0 Å².